The molecule has 0 aliphatic heterocycles. The maximum atomic E-state index is 10.6. The molecule has 0 saturated heterocycles. The molecule has 4 heterocycles. The number of para-hydroxylation sites is 6. The van der Waals surface area contributed by atoms with Crippen molar-refractivity contribution in [2.75, 3.05) is 0 Å². The summed E-state index contributed by atoms with van der Waals surface area (Å²) in [5, 5.41) is 30.4. The van der Waals surface area contributed by atoms with Gasteiger partial charge in [0.25, 0.3) is 0 Å². The van der Waals surface area contributed by atoms with Gasteiger partial charge in [-0.05, 0) is 109 Å². The summed E-state index contributed by atoms with van der Waals surface area (Å²) in [5.41, 5.74) is 19.2. The summed E-state index contributed by atoms with van der Waals surface area (Å²) in [6.45, 7) is 2.28. The summed E-state index contributed by atoms with van der Waals surface area (Å²) in [6.07, 6.45) is 0.632. The van der Waals surface area contributed by atoms with E-state index in [0.717, 1.165) is 138 Å². The normalized spacial score (nSPS) is 11.8. The first-order valence-electron chi connectivity index (χ1n) is 25.9. The molecule has 0 N–H and O–H groups in total. The summed E-state index contributed by atoms with van der Waals surface area (Å²) in [7, 11) is 0. The molecule has 4 aromatic heterocycles. The van der Waals surface area contributed by atoms with Crippen molar-refractivity contribution >= 4 is 87.2 Å². The Hall–Kier alpha value is -10.4. The molecule has 0 aliphatic carbocycles. The standard InChI is InChI=1S/C70H44N6/c1-2-50-67(75-59-31-13-9-27-51(59)53-35-37-63-65(69(53)75)55-29-11-15-33-61(55)73(63)48-23-5-3-6-24-48)57(46-21-17-19-44(39-46)42-71)41-58(47-22-18-20-45(40-47)43-72)68(50)76-60-32-14-10-28-52(60)54-36-38-64-66(70(54)76)56-30-12-16-34-62(56)74(64)49-25-7-4-8-26-49/h3-41H,2H2,1H3. The van der Waals surface area contributed by atoms with Gasteiger partial charge in [0.15, 0.2) is 0 Å². The van der Waals surface area contributed by atoms with Crippen molar-refractivity contribution in [1.29, 1.82) is 10.5 Å². The van der Waals surface area contributed by atoms with Crippen LogP contribution in [0.2, 0.25) is 0 Å². The minimum atomic E-state index is 0.578. The summed E-state index contributed by atoms with van der Waals surface area (Å²) in [4.78, 5) is 0. The molecule has 0 amide bonds. The Morgan fingerprint density at radius 3 is 1.12 bits per heavy atom. The highest BCUT2D eigenvalue weighted by Gasteiger charge is 2.30. The molecule has 354 valence electrons. The highest BCUT2D eigenvalue weighted by molar-refractivity contribution is 6.28. The van der Waals surface area contributed by atoms with Crippen molar-refractivity contribution in [3.63, 3.8) is 0 Å². The molecular weight excluding hydrogens is 925 g/mol. The molecular formula is C70H44N6. The van der Waals surface area contributed by atoms with Crippen LogP contribution in [0.3, 0.4) is 0 Å². The molecule has 0 aliphatic rings. The van der Waals surface area contributed by atoms with Crippen molar-refractivity contribution in [3.8, 4) is 57.1 Å². The van der Waals surface area contributed by atoms with E-state index < -0.39 is 0 Å². The van der Waals surface area contributed by atoms with Crippen LogP contribution in [0.15, 0.2) is 237 Å². The van der Waals surface area contributed by atoms with E-state index in [1.807, 2.05) is 36.4 Å². The van der Waals surface area contributed by atoms with E-state index in [4.69, 9.17) is 0 Å². The molecule has 0 spiro atoms. The van der Waals surface area contributed by atoms with Gasteiger partial charge in [-0.2, -0.15) is 10.5 Å². The maximum absolute atomic E-state index is 10.6. The molecule has 6 nitrogen and oxygen atoms in total. The first-order chi connectivity index (χ1) is 37.6. The van der Waals surface area contributed by atoms with Gasteiger partial charge in [0.05, 0.1) is 78.8 Å². The van der Waals surface area contributed by atoms with Crippen LogP contribution in [0.25, 0.3) is 132 Å². The SMILES string of the molecule is CCc1c(-n2c3ccccc3c3ccc4c(c5ccccc5n4-c4ccccc4)c32)c(-c2cccc(C#N)c2)cc(-c2cccc(C#N)c2)c1-n1c2ccccc2c2ccc3c(c4ccccc4n3-c3ccccc3)c21. The maximum Gasteiger partial charge on any atom is 0.0991 e. The highest BCUT2D eigenvalue weighted by Crippen LogP contribution is 2.50. The number of benzene rings is 11. The third-order valence-corrected chi connectivity index (χ3v) is 15.7. The van der Waals surface area contributed by atoms with Crippen molar-refractivity contribution < 1.29 is 0 Å². The zero-order valence-corrected chi connectivity index (χ0v) is 41.4. The van der Waals surface area contributed by atoms with E-state index in [2.05, 4.69) is 238 Å². The Morgan fingerprint density at radius 1 is 0.329 bits per heavy atom. The molecule has 0 atom stereocenters. The lowest BCUT2D eigenvalue weighted by Crippen LogP contribution is -2.10. The number of aromatic nitrogens is 4. The molecule has 6 heteroatoms. The van der Waals surface area contributed by atoms with E-state index in [9.17, 15) is 10.5 Å². The number of fused-ring (bicyclic) bond motifs is 14. The minimum Gasteiger partial charge on any atom is -0.309 e. The Kier molecular flexibility index (Phi) is 9.57. The lowest BCUT2D eigenvalue weighted by Gasteiger charge is -2.26. The van der Waals surface area contributed by atoms with Gasteiger partial charge < -0.3 is 18.3 Å². The molecule has 15 aromatic rings. The molecule has 15 rings (SSSR count). The monoisotopic (exact) mass is 968 g/mol. The van der Waals surface area contributed by atoms with Crippen LogP contribution in [-0.2, 0) is 6.42 Å². The molecule has 76 heavy (non-hydrogen) atoms. The second kappa shape index (κ2) is 16.8. The van der Waals surface area contributed by atoms with Crippen molar-refractivity contribution in [2.24, 2.45) is 0 Å². The summed E-state index contributed by atoms with van der Waals surface area (Å²) in [5.74, 6) is 0. The third-order valence-electron chi connectivity index (χ3n) is 15.7. The number of rotatable bonds is 7. The zero-order valence-electron chi connectivity index (χ0n) is 41.4. The highest BCUT2D eigenvalue weighted by atomic mass is 15.1. The second-order valence-electron chi connectivity index (χ2n) is 19.7. The molecule has 0 radical (unpaired) electrons. The van der Waals surface area contributed by atoms with Crippen molar-refractivity contribution in [1.82, 2.24) is 18.3 Å². The molecule has 11 aromatic carbocycles. The summed E-state index contributed by atoms with van der Waals surface area (Å²) < 4.78 is 9.89. The quantitative estimate of drug-likeness (QED) is 0.160. The van der Waals surface area contributed by atoms with Crippen LogP contribution in [0, 0.1) is 22.7 Å². The number of hydrogen-bond acceptors (Lipinski definition) is 2. The van der Waals surface area contributed by atoms with Crippen LogP contribution in [-0.4, -0.2) is 18.3 Å². The molecule has 0 unspecified atom stereocenters. The largest absolute Gasteiger partial charge is 0.309 e. The predicted octanol–water partition coefficient (Wildman–Crippen LogP) is 17.7. The Bertz CT molecular complexity index is 4680. The number of nitrogens with zero attached hydrogens (tertiary/aromatic N) is 6. The van der Waals surface area contributed by atoms with E-state index in [1.165, 1.54) is 0 Å². The fourth-order valence-corrected chi connectivity index (χ4v) is 12.7. The van der Waals surface area contributed by atoms with Crippen molar-refractivity contribution in [3.05, 3.63) is 253 Å². The van der Waals surface area contributed by atoms with Gasteiger partial charge in [-0.1, -0.05) is 153 Å². The summed E-state index contributed by atoms with van der Waals surface area (Å²) >= 11 is 0. The van der Waals surface area contributed by atoms with Gasteiger partial charge >= 0.3 is 0 Å². The Morgan fingerprint density at radius 2 is 0.711 bits per heavy atom. The van der Waals surface area contributed by atoms with Crippen LogP contribution < -0.4 is 0 Å². The lowest BCUT2D eigenvalue weighted by atomic mass is 9.89. The zero-order chi connectivity index (χ0) is 50.6. The van der Waals surface area contributed by atoms with Crippen LogP contribution in [0.4, 0.5) is 0 Å². The van der Waals surface area contributed by atoms with Crippen LogP contribution in [0.5, 0.6) is 0 Å². The first kappa shape index (κ1) is 43.2. The fraction of sp³-hybridized carbons (Fsp3) is 0.0286. The first-order valence-corrected chi connectivity index (χ1v) is 25.9. The number of nitriles is 2. The Labute approximate surface area is 437 Å². The van der Waals surface area contributed by atoms with Gasteiger partial charge in [-0.15, -0.1) is 0 Å². The van der Waals surface area contributed by atoms with Crippen LogP contribution >= 0.6 is 0 Å². The minimum absolute atomic E-state index is 0.578. The van der Waals surface area contributed by atoms with E-state index in [0.29, 0.717) is 17.5 Å². The average Bonchev–Trinajstić information content (AvgIpc) is 4.42. The van der Waals surface area contributed by atoms with Gasteiger partial charge in [-0.25, -0.2) is 0 Å². The number of hydrogen-bond donors (Lipinski definition) is 0. The van der Waals surface area contributed by atoms with E-state index >= 15 is 0 Å². The lowest BCUT2D eigenvalue weighted by molar-refractivity contribution is 1.03. The topological polar surface area (TPSA) is 67.3 Å². The predicted molar refractivity (Wildman–Crippen MR) is 313 cm³/mol. The van der Waals surface area contributed by atoms with Gasteiger partial charge in [-0.3, -0.25) is 0 Å². The van der Waals surface area contributed by atoms with Gasteiger partial charge in [0.2, 0.25) is 0 Å². The third kappa shape index (κ3) is 6.13. The van der Waals surface area contributed by atoms with E-state index in [-0.39, 0.29) is 0 Å². The van der Waals surface area contributed by atoms with Gasteiger partial charge in [0, 0.05) is 71.2 Å². The van der Waals surface area contributed by atoms with E-state index in [1.54, 1.807) is 0 Å². The Balaban J connectivity index is 1.20. The molecule has 0 saturated carbocycles. The van der Waals surface area contributed by atoms with Gasteiger partial charge in [0.1, 0.15) is 0 Å². The molecule has 0 fully saturated rings. The average molecular weight is 969 g/mol. The second-order valence-corrected chi connectivity index (χ2v) is 19.7. The summed E-state index contributed by atoms with van der Waals surface area (Å²) in [6, 6.07) is 89.1. The van der Waals surface area contributed by atoms with Crippen LogP contribution in [0.1, 0.15) is 23.6 Å². The fourth-order valence-electron chi connectivity index (χ4n) is 12.7. The van der Waals surface area contributed by atoms with Crippen molar-refractivity contribution in [2.45, 2.75) is 13.3 Å². The smallest absolute Gasteiger partial charge is 0.0991 e. The molecule has 0 bridgehead atoms.